The van der Waals surface area contributed by atoms with Crippen LogP contribution in [0.1, 0.15) is 39.2 Å². The van der Waals surface area contributed by atoms with Crippen LogP contribution in [0, 0.1) is 26.9 Å². The van der Waals surface area contributed by atoms with Crippen LogP contribution in [-0.2, 0) is 12.8 Å². The van der Waals surface area contributed by atoms with Crippen molar-refractivity contribution in [1.82, 2.24) is 0 Å². The first-order chi connectivity index (χ1) is 13.5. The molecule has 28 heavy (non-hydrogen) atoms. The summed E-state index contributed by atoms with van der Waals surface area (Å²) in [5.74, 6) is -0.586. The fourth-order valence-electron chi connectivity index (χ4n) is 3.35. The SMILES string of the molecule is N#Cc1c(NC(=O)c2cc3cc([N+](=O)[O-])ccc3oc2=N)sc2c1CCCC2. The smallest absolute Gasteiger partial charge is 0.270 e. The number of rotatable bonds is 3. The molecular formula is C19H14N4O4S. The number of amides is 1. The van der Waals surface area contributed by atoms with E-state index >= 15 is 0 Å². The van der Waals surface area contributed by atoms with Gasteiger partial charge < -0.3 is 9.73 Å². The van der Waals surface area contributed by atoms with E-state index in [9.17, 15) is 20.2 Å². The topological polar surface area (TPSA) is 133 Å². The number of benzene rings is 1. The molecule has 3 aromatic rings. The Morgan fingerprint density at radius 3 is 2.86 bits per heavy atom. The van der Waals surface area contributed by atoms with Gasteiger partial charge in [0.25, 0.3) is 11.6 Å². The summed E-state index contributed by atoms with van der Waals surface area (Å²) in [4.78, 5) is 24.3. The third-order valence-electron chi connectivity index (χ3n) is 4.72. The highest BCUT2D eigenvalue weighted by molar-refractivity contribution is 7.16. The molecule has 2 N–H and O–H groups in total. The Hall–Kier alpha value is -3.51. The monoisotopic (exact) mass is 394 g/mol. The molecule has 8 nitrogen and oxygen atoms in total. The van der Waals surface area contributed by atoms with E-state index in [0.717, 1.165) is 36.1 Å². The van der Waals surface area contributed by atoms with E-state index in [1.54, 1.807) is 0 Å². The van der Waals surface area contributed by atoms with Crippen LogP contribution >= 0.6 is 11.3 Å². The maximum Gasteiger partial charge on any atom is 0.270 e. The Morgan fingerprint density at radius 2 is 2.11 bits per heavy atom. The lowest BCUT2D eigenvalue weighted by atomic mass is 9.96. The van der Waals surface area contributed by atoms with Crippen LogP contribution in [0.4, 0.5) is 10.7 Å². The molecule has 0 fully saturated rings. The van der Waals surface area contributed by atoms with Crippen LogP contribution in [0.2, 0.25) is 0 Å². The number of fused-ring (bicyclic) bond motifs is 2. The highest BCUT2D eigenvalue weighted by Crippen LogP contribution is 2.37. The van der Waals surface area contributed by atoms with Crippen LogP contribution in [0.25, 0.3) is 11.0 Å². The first-order valence-corrected chi connectivity index (χ1v) is 9.42. The molecule has 1 aliphatic rings. The number of nitrogens with one attached hydrogen (secondary N) is 2. The standard InChI is InChI=1S/C19H14N4O4S/c20-9-14-12-3-1-2-4-16(12)28-19(14)22-18(24)13-8-10-7-11(23(25)26)5-6-15(10)27-17(13)21/h5-8,21H,1-4H2,(H,22,24). The summed E-state index contributed by atoms with van der Waals surface area (Å²) in [5, 5.41) is 32.0. The number of carbonyl (C=O) groups is 1. The molecule has 2 heterocycles. The fraction of sp³-hybridized carbons (Fsp3) is 0.211. The zero-order valence-electron chi connectivity index (χ0n) is 14.6. The molecular weight excluding hydrogens is 380 g/mol. The van der Waals surface area contributed by atoms with Gasteiger partial charge in [0.05, 0.1) is 10.5 Å². The van der Waals surface area contributed by atoms with Gasteiger partial charge in [-0.25, -0.2) is 0 Å². The molecule has 9 heteroatoms. The van der Waals surface area contributed by atoms with Crippen molar-refractivity contribution in [1.29, 1.82) is 10.7 Å². The lowest BCUT2D eigenvalue weighted by molar-refractivity contribution is -0.384. The molecule has 0 aliphatic heterocycles. The number of nitro groups is 1. The van der Waals surface area contributed by atoms with Gasteiger partial charge in [0.15, 0.2) is 0 Å². The molecule has 2 aromatic heterocycles. The summed E-state index contributed by atoms with van der Waals surface area (Å²) in [6.45, 7) is 0. The molecule has 1 aliphatic carbocycles. The van der Waals surface area contributed by atoms with Gasteiger partial charge in [-0.2, -0.15) is 5.26 Å². The quantitative estimate of drug-likeness (QED) is 0.513. The van der Waals surface area contributed by atoms with Crippen LogP contribution < -0.4 is 10.9 Å². The normalized spacial score (nSPS) is 13.0. The Balaban J connectivity index is 1.72. The molecule has 0 saturated carbocycles. The number of nitriles is 1. The van der Waals surface area contributed by atoms with Gasteiger partial charge >= 0.3 is 0 Å². The Kier molecular flexibility index (Phi) is 4.41. The average molecular weight is 394 g/mol. The molecule has 1 aromatic carbocycles. The third-order valence-corrected chi connectivity index (χ3v) is 5.92. The second kappa shape index (κ2) is 6.90. The summed E-state index contributed by atoms with van der Waals surface area (Å²) in [6.07, 6.45) is 3.79. The number of hydrogen-bond acceptors (Lipinski definition) is 7. The van der Waals surface area contributed by atoms with Crippen molar-refractivity contribution in [3.63, 3.8) is 0 Å². The third kappa shape index (κ3) is 3.04. The van der Waals surface area contributed by atoms with Crippen LogP contribution in [0.5, 0.6) is 0 Å². The fourth-order valence-corrected chi connectivity index (χ4v) is 4.59. The minimum atomic E-state index is -0.586. The number of anilines is 1. The Bertz CT molecular complexity index is 1240. The van der Waals surface area contributed by atoms with Crippen molar-refractivity contribution in [2.24, 2.45) is 0 Å². The number of carbonyl (C=O) groups excluding carboxylic acids is 1. The van der Waals surface area contributed by atoms with Crippen LogP contribution in [0.3, 0.4) is 0 Å². The molecule has 1 amide bonds. The second-order valence-electron chi connectivity index (χ2n) is 6.45. The van der Waals surface area contributed by atoms with Gasteiger partial charge in [0, 0.05) is 22.4 Å². The van der Waals surface area contributed by atoms with E-state index in [2.05, 4.69) is 11.4 Å². The lowest BCUT2D eigenvalue weighted by Gasteiger charge is -2.09. The predicted octanol–water partition coefficient (Wildman–Crippen LogP) is 3.88. The van der Waals surface area contributed by atoms with Gasteiger partial charge in [0.1, 0.15) is 22.2 Å². The highest BCUT2D eigenvalue weighted by Gasteiger charge is 2.23. The van der Waals surface area contributed by atoms with Gasteiger partial charge in [0.2, 0.25) is 5.55 Å². The van der Waals surface area contributed by atoms with E-state index in [-0.39, 0.29) is 22.4 Å². The van der Waals surface area contributed by atoms with Crippen LogP contribution in [-0.4, -0.2) is 10.8 Å². The molecule has 0 unspecified atom stereocenters. The van der Waals surface area contributed by atoms with Crippen molar-refractivity contribution in [2.45, 2.75) is 25.7 Å². The summed E-state index contributed by atoms with van der Waals surface area (Å²) in [5.41, 5.74) is 1.22. The molecule has 4 rings (SSSR count). The molecule has 0 radical (unpaired) electrons. The zero-order chi connectivity index (χ0) is 19.8. The van der Waals surface area contributed by atoms with E-state index in [0.29, 0.717) is 16.0 Å². The van der Waals surface area contributed by atoms with E-state index in [1.165, 1.54) is 35.6 Å². The number of aryl methyl sites for hydroxylation is 1. The average Bonchev–Trinajstić information content (AvgIpc) is 3.03. The minimum absolute atomic E-state index is 0.0525. The molecule has 0 saturated heterocycles. The van der Waals surface area contributed by atoms with Crippen molar-refractivity contribution >= 4 is 38.9 Å². The Morgan fingerprint density at radius 1 is 1.32 bits per heavy atom. The van der Waals surface area contributed by atoms with Crippen molar-refractivity contribution < 1.29 is 14.1 Å². The number of hydrogen-bond donors (Lipinski definition) is 2. The number of nitro benzene ring substituents is 1. The minimum Gasteiger partial charge on any atom is -0.438 e. The van der Waals surface area contributed by atoms with E-state index in [1.807, 2.05) is 0 Å². The van der Waals surface area contributed by atoms with Gasteiger partial charge in [-0.05, 0) is 43.4 Å². The number of non-ortho nitro benzene ring substituents is 1. The number of thiophene rings is 1. The van der Waals surface area contributed by atoms with Crippen molar-refractivity contribution in [3.8, 4) is 6.07 Å². The van der Waals surface area contributed by atoms with Crippen LogP contribution in [0.15, 0.2) is 28.7 Å². The molecule has 0 bridgehead atoms. The van der Waals surface area contributed by atoms with E-state index < -0.39 is 10.8 Å². The van der Waals surface area contributed by atoms with E-state index in [4.69, 9.17) is 9.83 Å². The summed E-state index contributed by atoms with van der Waals surface area (Å²) in [6, 6.07) is 7.53. The highest BCUT2D eigenvalue weighted by atomic mass is 32.1. The van der Waals surface area contributed by atoms with Gasteiger partial charge in [-0.3, -0.25) is 20.3 Å². The molecule has 140 valence electrons. The number of nitrogens with zero attached hydrogens (tertiary/aromatic N) is 2. The summed E-state index contributed by atoms with van der Waals surface area (Å²) < 4.78 is 5.35. The first-order valence-electron chi connectivity index (χ1n) is 8.61. The first kappa shape index (κ1) is 17.9. The summed E-state index contributed by atoms with van der Waals surface area (Å²) >= 11 is 1.39. The second-order valence-corrected chi connectivity index (χ2v) is 7.55. The maximum atomic E-state index is 12.8. The van der Waals surface area contributed by atoms with Gasteiger partial charge in [-0.15, -0.1) is 11.3 Å². The van der Waals surface area contributed by atoms with Crippen molar-refractivity contribution in [2.75, 3.05) is 5.32 Å². The zero-order valence-corrected chi connectivity index (χ0v) is 15.4. The lowest BCUT2D eigenvalue weighted by Crippen LogP contribution is -2.20. The Labute approximate surface area is 162 Å². The summed E-state index contributed by atoms with van der Waals surface area (Å²) in [7, 11) is 0. The molecule has 0 atom stereocenters. The molecule has 0 spiro atoms. The maximum absolute atomic E-state index is 12.8. The van der Waals surface area contributed by atoms with Crippen molar-refractivity contribution in [3.05, 3.63) is 61.5 Å². The predicted molar refractivity (Wildman–Crippen MR) is 102 cm³/mol. The van der Waals surface area contributed by atoms with Gasteiger partial charge in [-0.1, -0.05) is 0 Å². The largest absolute Gasteiger partial charge is 0.438 e.